The third-order valence-corrected chi connectivity index (χ3v) is 11.0. The summed E-state index contributed by atoms with van der Waals surface area (Å²) in [6, 6.07) is 46.7. The van der Waals surface area contributed by atoms with Gasteiger partial charge in [0.05, 0.1) is 33.8 Å². The molecule has 6 heterocycles. The number of fused-ring (bicyclic) bond motifs is 6. The highest BCUT2D eigenvalue weighted by Crippen LogP contribution is 2.44. The minimum Gasteiger partial charge on any atom is -0.312 e. The molecule has 0 atom stereocenters. The summed E-state index contributed by atoms with van der Waals surface area (Å²) in [7, 11) is 0. The molecular formula is C49H34N6. The molecule has 0 fully saturated rings. The second-order valence-corrected chi connectivity index (χ2v) is 14.2. The van der Waals surface area contributed by atoms with Gasteiger partial charge in [0.2, 0.25) is 0 Å². The van der Waals surface area contributed by atoms with Crippen molar-refractivity contribution in [2.75, 3.05) is 0 Å². The summed E-state index contributed by atoms with van der Waals surface area (Å²) in [4.78, 5) is 19.2. The van der Waals surface area contributed by atoms with Gasteiger partial charge in [-0.15, -0.1) is 0 Å². The van der Waals surface area contributed by atoms with Crippen molar-refractivity contribution in [3.63, 3.8) is 0 Å². The molecule has 6 nitrogen and oxygen atoms in total. The van der Waals surface area contributed by atoms with Gasteiger partial charge in [0.1, 0.15) is 5.65 Å². The number of hydrogen-bond acceptors (Lipinski definition) is 4. The van der Waals surface area contributed by atoms with Gasteiger partial charge in [0.25, 0.3) is 0 Å². The molecule has 0 spiro atoms. The van der Waals surface area contributed by atoms with E-state index < -0.39 is 0 Å². The molecule has 11 rings (SSSR count). The quantitative estimate of drug-likeness (QED) is 0.173. The largest absolute Gasteiger partial charge is 0.312 e. The second-order valence-electron chi connectivity index (χ2n) is 14.2. The Morgan fingerprint density at radius 3 is 2.02 bits per heavy atom. The van der Waals surface area contributed by atoms with E-state index in [1.165, 1.54) is 55.3 Å². The Labute approximate surface area is 318 Å². The third kappa shape index (κ3) is 5.17. The first-order valence-electron chi connectivity index (χ1n) is 18.8. The Kier molecular flexibility index (Phi) is 7.27. The van der Waals surface area contributed by atoms with Crippen LogP contribution in [0.15, 0.2) is 164 Å². The number of pyridine rings is 4. The van der Waals surface area contributed by atoms with Gasteiger partial charge in [0, 0.05) is 69.4 Å². The molecule has 55 heavy (non-hydrogen) atoms. The van der Waals surface area contributed by atoms with Crippen LogP contribution in [0.4, 0.5) is 0 Å². The fourth-order valence-corrected chi connectivity index (χ4v) is 8.60. The summed E-state index contributed by atoms with van der Waals surface area (Å²) in [6.07, 6.45) is 15.3. The normalized spacial score (nSPS) is 13.9. The molecule has 6 heteroatoms. The average molecular weight is 707 g/mol. The molecule has 0 radical (unpaired) electrons. The zero-order valence-electron chi connectivity index (χ0n) is 30.0. The van der Waals surface area contributed by atoms with Crippen LogP contribution < -0.4 is 0 Å². The SMILES string of the molecule is C1=C(c2cc(-c3ccccn3)nc(-c3ccccn3)c2)C=C(n2c3ccccc3c3cccc(C4=Cc5c(n(-c6ccccc6)c6ncccc56)CC4)c32)C1. The first kappa shape index (κ1) is 31.4. The number of benzene rings is 3. The number of aromatic nitrogens is 6. The van der Waals surface area contributed by atoms with Gasteiger partial charge in [-0.1, -0.05) is 72.8 Å². The van der Waals surface area contributed by atoms with Crippen LogP contribution in [-0.4, -0.2) is 29.1 Å². The van der Waals surface area contributed by atoms with Crippen LogP contribution in [0.3, 0.4) is 0 Å². The van der Waals surface area contributed by atoms with Crippen molar-refractivity contribution < 1.29 is 0 Å². The lowest BCUT2D eigenvalue weighted by Gasteiger charge is -2.19. The Bertz CT molecular complexity index is 2980. The molecule has 2 aliphatic carbocycles. The van der Waals surface area contributed by atoms with E-state index in [1.807, 2.05) is 55.0 Å². The van der Waals surface area contributed by atoms with E-state index in [1.54, 1.807) is 0 Å². The van der Waals surface area contributed by atoms with Gasteiger partial charge >= 0.3 is 0 Å². The van der Waals surface area contributed by atoms with Gasteiger partial charge in [-0.05, 0) is 108 Å². The molecule has 0 N–H and O–H groups in total. The third-order valence-electron chi connectivity index (χ3n) is 11.0. The topological polar surface area (TPSA) is 61.4 Å². The number of para-hydroxylation sites is 3. The van der Waals surface area contributed by atoms with Crippen molar-refractivity contribution in [2.45, 2.75) is 19.3 Å². The second kappa shape index (κ2) is 12.7. The van der Waals surface area contributed by atoms with E-state index >= 15 is 0 Å². The van der Waals surface area contributed by atoms with Gasteiger partial charge in [-0.3, -0.25) is 14.5 Å². The first-order valence-corrected chi connectivity index (χ1v) is 18.8. The van der Waals surface area contributed by atoms with Gasteiger partial charge in [-0.25, -0.2) is 9.97 Å². The number of rotatable bonds is 6. The molecule has 0 bridgehead atoms. The van der Waals surface area contributed by atoms with Crippen LogP contribution in [0.25, 0.3) is 84.2 Å². The summed E-state index contributed by atoms with van der Waals surface area (Å²) in [6.45, 7) is 0. The van der Waals surface area contributed by atoms with Gasteiger partial charge in [0.15, 0.2) is 0 Å². The van der Waals surface area contributed by atoms with Crippen LogP contribution in [-0.2, 0) is 6.42 Å². The van der Waals surface area contributed by atoms with Crippen molar-refractivity contribution in [3.8, 4) is 28.5 Å². The molecule has 6 aromatic heterocycles. The molecule has 0 aliphatic heterocycles. The fourth-order valence-electron chi connectivity index (χ4n) is 8.60. The monoisotopic (exact) mass is 706 g/mol. The predicted octanol–water partition coefficient (Wildman–Crippen LogP) is 11.5. The Balaban J connectivity index is 1.07. The van der Waals surface area contributed by atoms with E-state index in [0.717, 1.165) is 64.5 Å². The minimum absolute atomic E-state index is 0.803. The molecule has 0 unspecified atom stereocenters. The first-order chi connectivity index (χ1) is 27.3. The van der Waals surface area contributed by atoms with E-state index in [9.17, 15) is 0 Å². The molecule has 9 aromatic rings. The van der Waals surface area contributed by atoms with Crippen LogP contribution >= 0.6 is 0 Å². The molecule has 3 aromatic carbocycles. The summed E-state index contributed by atoms with van der Waals surface area (Å²) < 4.78 is 4.86. The predicted molar refractivity (Wildman–Crippen MR) is 224 cm³/mol. The van der Waals surface area contributed by atoms with E-state index in [0.29, 0.717) is 0 Å². The highest BCUT2D eigenvalue weighted by atomic mass is 15.1. The molecule has 0 amide bonds. The minimum atomic E-state index is 0.803. The molecule has 260 valence electrons. The Morgan fingerprint density at radius 2 is 1.24 bits per heavy atom. The van der Waals surface area contributed by atoms with E-state index in [-0.39, 0.29) is 0 Å². The summed E-state index contributed by atoms with van der Waals surface area (Å²) >= 11 is 0. The Hall–Kier alpha value is -7.18. The zero-order chi connectivity index (χ0) is 36.3. The van der Waals surface area contributed by atoms with Crippen LogP contribution in [0, 0.1) is 0 Å². The highest BCUT2D eigenvalue weighted by molar-refractivity contribution is 6.15. The zero-order valence-corrected chi connectivity index (χ0v) is 30.0. The lowest BCUT2D eigenvalue weighted by Crippen LogP contribution is -2.06. The maximum absolute atomic E-state index is 5.02. The standard InChI is InChI=1S/C49H34N6/c1-2-12-35(13-3-1)55-47-24-22-33(29-41(47)40-17-11-27-52-49(40)55)37-15-10-16-39-38-14-4-5-20-46(38)54(48(37)39)36-23-21-32(28-36)34-30-44(42-18-6-8-25-50-42)53-45(31-34)43-19-7-9-26-51-43/h1-21,25-31H,22-24H2. The van der Waals surface area contributed by atoms with Crippen molar-refractivity contribution in [3.05, 3.63) is 187 Å². The van der Waals surface area contributed by atoms with Crippen molar-refractivity contribution in [1.82, 2.24) is 29.1 Å². The maximum Gasteiger partial charge on any atom is 0.145 e. The van der Waals surface area contributed by atoms with Crippen LogP contribution in [0.5, 0.6) is 0 Å². The van der Waals surface area contributed by atoms with Crippen LogP contribution in [0.1, 0.15) is 35.2 Å². The lowest BCUT2D eigenvalue weighted by molar-refractivity contribution is 0.892. The maximum atomic E-state index is 5.02. The molecule has 2 aliphatic rings. The van der Waals surface area contributed by atoms with E-state index in [4.69, 9.17) is 9.97 Å². The fraction of sp³-hybridized carbons (Fsp3) is 0.0612. The highest BCUT2D eigenvalue weighted by Gasteiger charge is 2.26. The van der Waals surface area contributed by atoms with Crippen molar-refractivity contribution in [2.24, 2.45) is 0 Å². The molecule has 0 saturated carbocycles. The van der Waals surface area contributed by atoms with Gasteiger partial charge < -0.3 is 4.57 Å². The summed E-state index contributed by atoms with van der Waals surface area (Å²) in [5.74, 6) is 0. The average Bonchev–Trinajstić information content (AvgIpc) is 3.97. The summed E-state index contributed by atoms with van der Waals surface area (Å²) in [5, 5.41) is 3.71. The summed E-state index contributed by atoms with van der Waals surface area (Å²) in [5.41, 5.74) is 16.7. The number of nitrogens with zero attached hydrogens (tertiary/aromatic N) is 6. The van der Waals surface area contributed by atoms with Crippen molar-refractivity contribution >= 4 is 55.8 Å². The molecular weight excluding hydrogens is 673 g/mol. The number of allylic oxidation sites excluding steroid dienone is 5. The lowest BCUT2D eigenvalue weighted by atomic mass is 9.90. The molecule has 0 saturated heterocycles. The number of hydrogen-bond donors (Lipinski definition) is 0. The van der Waals surface area contributed by atoms with E-state index in [2.05, 4.69) is 134 Å². The van der Waals surface area contributed by atoms with Crippen LogP contribution in [0.2, 0.25) is 0 Å². The smallest absolute Gasteiger partial charge is 0.145 e. The Morgan fingerprint density at radius 1 is 0.527 bits per heavy atom. The van der Waals surface area contributed by atoms with Gasteiger partial charge in [-0.2, -0.15) is 0 Å². The van der Waals surface area contributed by atoms with Crippen molar-refractivity contribution in [1.29, 1.82) is 0 Å².